The number of rotatable bonds is 8. The predicted molar refractivity (Wildman–Crippen MR) is 125 cm³/mol. The molecule has 2 aromatic rings. The van der Waals surface area contributed by atoms with Crippen LogP contribution < -0.4 is 20.7 Å². The van der Waals surface area contributed by atoms with Gasteiger partial charge >= 0.3 is 6.61 Å². The van der Waals surface area contributed by atoms with Crippen molar-refractivity contribution in [1.82, 2.24) is 10.6 Å². The number of para-hydroxylation sites is 1. The Kier molecular flexibility index (Phi) is 11.1. The van der Waals surface area contributed by atoms with E-state index in [4.69, 9.17) is 0 Å². The minimum Gasteiger partial charge on any atom is -0.434 e. The molecule has 0 aromatic heterocycles. The molecule has 0 unspecified atom stereocenters. The third-order valence-corrected chi connectivity index (χ3v) is 4.06. The molecule has 9 heteroatoms. The number of amides is 1. The van der Waals surface area contributed by atoms with Gasteiger partial charge in [0.25, 0.3) is 0 Å². The topological polar surface area (TPSA) is 74.8 Å². The van der Waals surface area contributed by atoms with E-state index in [0.29, 0.717) is 18.1 Å². The summed E-state index contributed by atoms with van der Waals surface area (Å²) in [4.78, 5) is 15.9. The summed E-state index contributed by atoms with van der Waals surface area (Å²) >= 11 is 0. The van der Waals surface area contributed by atoms with E-state index in [1.165, 1.54) is 6.07 Å². The van der Waals surface area contributed by atoms with Crippen LogP contribution in [0, 0.1) is 5.92 Å². The van der Waals surface area contributed by atoms with Gasteiger partial charge in [0.05, 0.1) is 0 Å². The van der Waals surface area contributed by atoms with Crippen LogP contribution >= 0.6 is 24.0 Å². The molecular formula is C21H27F2IN4O2. The number of guanidine groups is 1. The van der Waals surface area contributed by atoms with Crippen LogP contribution in [-0.4, -0.2) is 25.5 Å². The lowest BCUT2D eigenvalue weighted by molar-refractivity contribution is -0.118. The lowest BCUT2D eigenvalue weighted by atomic mass is 10.1. The highest BCUT2D eigenvalue weighted by Gasteiger charge is 2.10. The minimum absolute atomic E-state index is 0. The Morgan fingerprint density at radius 1 is 1.03 bits per heavy atom. The first-order valence-electron chi connectivity index (χ1n) is 9.26. The highest BCUT2D eigenvalue weighted by atomic mass is 127. The van der Waals surface area contributed by atoms with Gasteiger partial charge in [0.15, 0.2) is 5.96 Å². The molecule has 0 bridgehead atoms. The highest BCUT2D eigenvalue weighted by Crippen LogP contribution is 2.19. The number of hydrogen-bond donors (Lipinski definition) is 3. The van der Waals surface area contributed by atoms with Gasteiger partial charge in [0.2, 0.25) is 5.91 Å². The first kappa shape index (κ1) is 25.6. The van der Waals surface area contributed by atoms with E-state index in [-0.39, 0.29) is 48.1 Å². The number of anilines is 1. The third-order valence-electron chi connectivity index (χ3n) is 4.06. The number of halogens is 3. The summed E-state index contributed by atoms with van der Waals surface area (Å²) in [7, 11) is 1.63. The zero-order valence-electron chi connectivity index (χ0n) is 17.1. The number of alkyl halides is 2. The normalized spacial score (nSPS) is 11.1. The molecule has 0 atom stereocenters. The molecule has 30 heavy (non-hydrogen) atoms. The van der Waals surface area contributed by atoms with Crippen LogP contribution in [0.15, 0.2) is 53.5 Å². The summed E-state index contributed by atoms with van der Waals surface area (Å²) in [5.74, 6) is 0.539. The van der Waals surface area contributed by atoms with Crippen LogP contribution in [0.3, 0.4) is 0 Å². The fourth-order valence-electron chi connectivity index (χ4n) is 2.44. The van der Waals surface area contributed by atoms with Gasteiger partial charge in [-0.1, -0.05) is 44.2 Å². The maximum Gasteiger partial charge on any atom is 0.387 e. The maximum absolute atomic E-state index is 12.5. The van der Waals surface area contributed by atoms with E-state index in [1.807, 2.05) is 38.1 Å². The number of ether oxygens (including phenoxy) is 1. The Morgan fingerprint density at radius 2 is 1.67 bits per heavy atom. The van der Waals surface area contributed by atoms with Crippen molar-refractivity contribution < 1.29 is 18.3 Å². The number of benzene rings is 2. The van der Waals surface area contributed by atoms with Gasteiger partial charge in [-0.05, 0) is 23.8 Å². The second kappa shape index (κ2) is 13.0. The molecule has 0 saturated heterocycles. The smallest absolute Gasteiger partial charge is 0.387 e. The number of hydrogen-bond acceptors (Lipinski definition) is 3. The van der Waals surface area contributed by atoms with Crippen LogP contribution in [0.2, 0.25) is 0 Å². The first-order chi connectivity index (χ1) is 13.9. The molecule has 3 N–H and O–H groups in total. The molecular weight excluding hydrogens is 505 g/mol. The molecule has 164 valence electrons. The fraction of sp³-hybridized carbons (Fsp3) is 0.333. The van der Waals surface area contributed by atoms with Crippen molar-refractivity contribution in [2.45, 2.75) is 33.5 Å². The molecule has 6 nitrogen and oxygen atoms in total. The van der Waals surface area contributed by atoms with Crippen molar-refractivity contribution in [2.24, 2.45) is 10.9 Å². The second-order valence-electron chi connectivity index (χ2n) is 6.61. The second-order valence-corrected chi connectivity index (χ2v) is 6.61. The van der Waals surface area contributed by atoms with Crippen LogP contribution in [0.1, 0.15) is 25.0 Å². The number of carbonyl (C=O) groups excluding carboxylic acids is 1. The van der Waals surface area contributed by atoms with Crippen molar-refractivity contribution in [3.8, 4) is 5.75 Å². The predicted octanol–water partition coefficient (Wildman–Crippen LogP) is 4.37. The van der Waals surface area contributed by atoms with Gasteiger partial charge in [-0.2, -0.15) is 8.78 Å². The Bertz CT molecular complexity index is 830. The number of carbonyl (C=O) groups is 1. The largest absolute Gasteiger partial charge is 0.434 e. The third kappa shape index (κ3) is 8.52. The lowest BCUT2D eigenvalue weighted by Gasteiger charge is -2.15. The Labute approximate surface area is 192 Å². The molecule has 0 spiro atoms. The number of nitrogens with zero attached hydrogens (tertiary/aromatic N) is 1. The van der Waals surface area contributed by atoms with Crippen molar-refractivity contribution in [2.75, 3.05) is 12.4 Å². The van der Waals surface area contributed by atoms with Crippen molar-refractivity contribution in [3.05, 3.63) is 59.7 Å². The minimum atomic E-state index is -2.87. The molecule has 0 aliphatic carbocycles. The zero-order chi connectivity index (χ0) is 21.2. The van der Waals surface area contributed by atoms with Crippen LogP contribution in [0.5, 0.6) is 5.75 Å². The number of nitrogens with one attached hydrogen (secondary N) is 3. The molecule has 0 aliphatic rings. The molecule has 0 saturated carbocycles. The van der Waals surface area contributed by atoms with Gasteiger partial charge < -0.3 is 20.7 Å². The lowest BCUT2D eigenvalue weighted by Crippen LogP contribution is -2.36. The van der Waals surface area contributed by atoms with Crippen molar-refractivity contribution in [1.29, 1.82) is 0 Å². The van der Waals surface area contributed by atoms with Crippen LogP contribution in [-0.2, 0) is 17.9 Å². The Hall–Kier alpha value is -2.43. The quantitative estimate of drug-likeness (QED) is 0.268. The summed E-state index contributed by atoms with van der Waals surface area (Å²) in [5, 5.41) is 9.07. The Balaban J connectivity index is 0.00000450. The molecule has 2 rings (SSSR count). The van der Waals surface area contributed by atoms with Gasteiger partial charge in [-0.15, -0.1) is 24.0 Å². The molecule has 0 aliphatic heterocycles. The molecule has 0 radical (unpaired) electrons. The van der Waals surface area contributed by atoms with E-state index in [9.17, 15) is 13.6 Å². The fourth-order valence-corrected chi connectivity index (χ4v) is 2.44. The molecule has 1 amide bonds. The first-order valence-corrected chi connectivity index (χ1v) is 9.26. The van der Waals surface area contributed by atoms with E-state index >= 15 is 0 Å². The van der Waals surface area contributed by atoms with E-state index < -0.39 is 6.61 Å². The van der Waals surface area contributed by atoms with Gasteiger partial charge in [0.1, 0.15) is 5.75 Å². The highest BCUT2D eigenvalue weighted by molar-refractivity contribution is 14.0. The summed E-state index contributed by atoms with van der Waals surface area (Å²) < 4.78 is 29.5. The molecule has 2 aromatic carbocycles. The van der Waals surface area contributed by atoms with E-state index in [0.717, 1.165) is 11.3 Å². The zero-order valence-corrected chi connectivity index (χ0v) is 19.4. The molecule has 0 heterocycles. The van der Waals surface area contributed by atoms with Gasteiger partial charge in [0, 0.05) is 37.3 Å². The standard InChI is InChI=1S/C21H26F2N4O2.HI/c1-14(2)19(28)27-17-10-8-15(9-11-17)12-25-21(24-3)26-13-16-6-4-5-7-18(16)29-20(22)23;/h4-11,14,20H,12-13H2,1-3H3,(H,27,28)(H2,24,25,26);1H. The van der Waals surface area contributed by atoms with Crippen molar-refractivity contribution >= 4 is 41.5 Å². The summed E-state index contributed by atoms with van der Waals surface area (Å²) in [5.41, 5.74) is 2.34. The van der Waals surface area contributed by atoms with Crippen molar-refractivity contribution in [3.63, 3.8) is 0 Å². The average molecular weight is 532 g/mol. The monoisotopic (exact) mass is 532 g/mol. The van der Waals surface area contributed by atoms with Crippen LogP contribution in [0.25, 0.3) is 0 Å². The molecule has 0 fully saturated rings. The summed E-state index contributed by atoms with van der Waals surface area (Å²) in [6.07, 6.45) is 0. The van der Waals surface area contributed by atoms with Crippen LogP contribution in [0.4, 0.5) is 14.5 Å². The van der Waals surface area contributed by atoms with Gasteiger partial charge in [-0.25, -0.2) is 0 Å². The maximum atomic E-state index is 12.5. The number of aliphatic imine (C=N–C) groups is 1. The average Bonchev–Trinajstić information content (AvgIpc) is 2.69. The van der Waals surface area contributed by atoms with Gasteiger partial charge in [-0.3, -0.25) is 9.79 Å². The summed E-state index contributed by atoms with van der Waals surface area (Å²) in [6, 6.07) is 14.1. The SMILES string of the molecule is CN=C(NCc1ccc(NC(=O)C(C)C)cc1)NCc1ccccc1OC(F)F.I. The van der Waals surface area contributed by atoms with E-state index in [2.05, 4.69) is 25.7 Å². The summed E-state index contributed by atoms with van der Waals surface area (Å²) in [6.45, 7) is 1.59. The van der Waals surface area contributed by atoms with E-state index in [1.54, 1.807) is 25.2 Å². The Morgan fingerprint density at radius 3 is 2.27 bits per heavy atom.